The third kappa shape index (κ3) is 3.18. The van der Waals surface area contributed by atoms with Crippen LogP contribution >= 0.6 is 47.8 Å². The van der Waals surface area contributed by atoms with E-state index in [1.54, 1.807) is 6.20 Å². The molecule has 2 nitrogen and oxygen atoms in total. The lowest BCUT2D eigenvalue weighted by atomic mass is 10.1. The number of benzene rings is 1. The molecule has 0 aliphatic rings. The fourth-order valence-electron chi connectivity index (χ4n) is 1.45. The van der Waals surface area contributed by atoms with Gasteiger partial charge >= 0.3 is 0 Å². The molecule has 0 aliphatic heterocycles. The summed E-state index contributed by atoms with van der Waals surface area (Å²) in [6.07, 6.45) is 4.45. The van der Waals surface area contributed by atoms with E-state index in [2.05, 4.69) is 69.9 Å². The highest BCUT2D eigenvalue weighted by Crippen LogP contribution is 2.30. The van der Waals surface area contributed by atoms with Gasteiger partial charge in [0.1, 0.15) is 5.82 Å². The van der Waals surface area contributed by atoms with Gasteiger partial charge in [0.05, 0.1) is 0 Å². The molecule has 0 aliphatic carbocycles. The summed E-state index contributed by atoms with van der Waals surface area (Å²) in [7, 11) is 0. The summed E-state index contributed by atoms with van der Waals surface area (Å²) in [4.78, 5) is 7.58. The van der Waals surface area contributed by atoms with Crippen LogP contribution in [0.2, 0.25) is 0 Å². The Labute approximate surface area is 119 Å². The zero-order valence-electron chi connectivity index (χ0n) is 8.25. The molecule has 1 heterocycles. The molecule has 84 valence electrons. The van der Waals surface area contributed by atoms with Gasteiger partial charge in [-0.3, -0.25) is 0 Å². The van der Waals surface area contributed by atoms with Crippen LogP contribution in [0.4, 0.5) is 0 Å². The average molecular weight is 409 g/mol. The first kappa shape index (κ1) is 12.3. The van der Waals surface area contributed by atoms with Crippen LogP contribution in [-0.2, 0) is 6.42 Å². The van der Waals surface area contributed by atoms with E-state index >= 15 is 0 Å². The molecule has 1 aromatic heterocycles. The molecule has 5 heteroatoms. The maximum Gasteiger partial charge on any atom is 0.107 e. The highest BCUT2D eigenvalue weighted by Gasteiger charge is 2.11. The SMILES string of the molecule is Brc1cc(Br)cc(C(Br)Cc2ncc[nH]2)c1. The van der Waals surface area contributed by atoms with Gasteiger partial charge < -0.3 is 4.98 Å². The second-order valence-electron chi connectivity index (χ2n) is 3.41. The third-order valence-corrected chi connectivity index (χ3v) is 3.94. The second kappa shape index (κ2) is 5.47. The first-order chi connectivity index (χ1) is 7.65. The number of aromatic amines is 1. The van der Waals surface area contributed by atoms with Crippen molar-refractivity contribution in [1.29, 1.82) is 0 Å². The average Bonchev–Trinajstić information content (AvgIpc) is 2.68. The van der Waals surface area contributed by atoms with Crippen LogP contribution in [0.1, 0.15) is 16.2 Å². The summed E-state index contributed by atoms with van der Waals surface area (Å²) in [5, 5.41) is 0. The molecule has 16 heavy (non-hydrogen) atoms. The molecule has 0 radical (unpaired) electrons. The minimum absolute atomic E-state index is 0.257. The van der Waals surface area contributed by atoms with Crippen LogP contribution in [0, 0.1) is 0 Å². The van der Waals surface area contributed by atoms with Gasteiger partial charge in [-0.2, -0.15) is 0 Å². The number of hydrogen-bond donors (Lipinski definition) is 1. The summed E-state index contributed by atoms with van der Waals surface area (Å²) < 4.78 is 2.14. The number of H-pyrrole nitrogens is 1. The molecule has 0 spiro atoms. The highest BCUT2D eigenvalue weighted by atomic mass is 79.9. The molecule has 0 amide bonds. The van der Waals surface area contributed by atoms with Crippen LogP contribution in [0.3, 0.4) is 0 Å². The molecule has 0 saturated carbocycles. The van der Waals surface area contributed by atoms with Crippen molar-refractivity contribution in [3.05, 3.63) is 50.9 Å². The minimum atomic E-state index is 0.257. The smallest absolute Gasteiger partial charge is 0.107 e. The highest BCUT2D eigenvalue weighted by molar-refractivity contribution is 9.11. The molecule has 2 aromatic rings. The lowest BCUT2D eigenvalue weighted by molar-refractivity contribution is 0.875. The summed E-state index contributed by atoms with van der Waals surface area (Å²) in [5.41, 5.74) is 1.22. The molecular weight excluding hydrogens is 400 g/mol. The number of imidazole rings is 1. The summed E-state index contributed by atoms with van der Waals surface area (Å²) >= 11 is 10.6. The van der Waals surface area contributed by atoms with Crippen molar-refractivity contribution < 1.29 is 0 Å². The van der Waals surface area contributed by atoms with E-state index in [-0.39, 0.29) is 4.83 Å². The van der Waals surface area contributed by atoms with Gasteiger partial charge in [0.25, 0.3) is 0 Å². The van der Waals surface area contributed by atoms with Crippen molar-refractivity contribution in [3.8, 4) is 0 Å². The molecule has 0 bridgehead atoms. The Balaban J connectivity index is 2.17. The number of nitrogens with zero attached hydrogens (tertiary/aromatic N) is 1. The van der Waals surface area contributed by atoms with E-state index in [1.165, 1.54) is 5.56 Å². The van der Waals surface area contributed by atoms with Gasteiger partial charge in [-0.15, -0.1) is 0 Å². The van der Waals surface area contributed by atoms with Crippen LogP contribution in [0.5, 0.6) is 0 Å². The molecule has 1 unspecified atom stereocenters. The monoisotopic (exact) mass is 406 g/mol. The molecular formula is C11H9Br3N2. The molecule has 1 aromatic carbocycles. The van der Waals surface area contributed by atoms with E-state index in [0.717, 1.165) is 21.2 Å². The van der Waals surface area contributed by atoms with Crippen LogP contribution in [0.25, 0.3) is 0 Å². The number of halogens is 3. The molecule has 1 N–H and O–H groups in total. The van der Waals surface area contributed by atoms with Gasteiger partial charge in [0, 0.05) is 32.6 Å². The van der Waals surface area contributed by atoms with E-state index in [1.807, 2.05) is 12.3 Å². The Hall–Kier alpha value is -0.130. The molecule has 0 fully saturated rings. The summed E-state index contributed by atoms with van der Waals surface area (Å²) in [5.74, 6) is 0.984. The molecule has 0 saturated heterocycles. The van der Waals surface area contributed by atoms with Crippen molar-refractivity contribution in [3.63, 3.8) is 0 Å². The van der Waals surface area contributed by atoms with E-state index in [0.29, 0.717) is 0 Å². The van der Waals surface area contributed by atoms with Gasteiger partial charge in [-0.1, -0.05) is 47.8 Å². The van der Waals surface area contributed by atoms with Crippen LogP contribution in [-0.4, -0.2) is 9.97 Å². The zero-order chi connectivity index (χ0) is 11.5. The Morgan fingerprint density at radius 3 is 2.44 bits per heavy atom. The molecule has 2 rings (SSSR count). The van der Waals surface area contributed by atoms with Crippen molar-refractivity contribution in [2.24, 2.45) is 0 Å². The van der Waals surface area contributed by atoms with Gasteiger partial charge in [0.2, 0.25) is 0 Å². The van der Waals surface area contributed by atoms with Gasteiger partial charge in [0.15, 0.2) is 0 Å². The summed E-state index contributed by atoms with van der Waals surface area (Å²) in [6, 6.07) is 6.23. The fraction of sp³-hybridized carbons (Fsp3) is 0.182. The maximum absolute atomic E-state index is 4.22. The van der Waals surface area contributed by atoms with Crippen LogP contribution in [0.15, 0.2) is 39.5 Å². The van der Waals surface area contributed by atoms with Gasteiger partial charge in [-0.05, 0) is 23.8 Å². The first-order valence-corrected chi connectivity index (χ1v) is 7.23. The van der Waals surface area contributed by atoms with E-state index in [4.69, 9.17) is 0 Å². The van der Waals surface area contributed by atoms with Crippen molar-refractivity contribution in [2.75, 3.05) is 0 Å². The largest absolute Gasteiger partial charge is 0.349 e. The van der Waals surface area contributed by atoms with E-state index in [9.17, 15) is 0 Å². The number of hydrogen-bond acceptors (Lipinski definition) is 1. The Morgan fingerprint density at radius 1 is 1.19 bits per heavy atom. The Bertz CT molecular complexity index is 448. The topological polar surface area (TPSA) is 28.7 Å². The predicted molar refractivity (Wildman–Crippen MR) is 75.8 cm³/mol. The lowest BCUT2D eigenvalue weighted by Crippen LogP contribution is -1.97. The Kier molecular flexibility index (Phi) is 4.21. The Morgan fingerprint density at radius 2 is 1.88 bits per heavy atom. The van der Waals surface area contributed by atoms with Gasteiger partial charge in [-0.25, -0.2) is 4.98 Å². The normalized spacial score (nSPS) is 12.7. The van der Waals surface area contributed by atoms with Crippen molar-refractivity contribution in [2.45, 2.75) is 11.2 Å². The third-order valence-electron chi connectivity index (χ3n) is 2.17. The maximum atomic E-state index is 4.22. The number of nitrogens with one attached hydrogen (secondary N) is 1. The first-order valence-electron chi connectivity index (χ1n) is 4.73. The standard InChI is InChI=1S/C11H9Br3N2/c12-8-3-7(4-9(13)5-8)10(14)6-11-15-1-2-16-11/h1-5,10H,6H2,(H,15,16). The zero-order valence-corrected chi connectivity index (χ0v) is 13.0. The second-order valence-corrected chi connectivity index (χ2v) is 6.35. The minimum Gasteiger partial charge on any atom is -0.349 e. The number of aromatic nitrogens is 2. The number of rotatable bonds is 3. The summed E-state index contributed by atoms with van der Waals surface area (Å²) in [6.45, 7) is 0. The van der Waals surface area contributed by atoms with Crippen LogP contribution < -0.4 is 0 Å². The van der Waals surface area contributed by atoms with Crippen molar-refractivity contribution in [1.82, 2.24) is 9.97 Å². The predicted octanol–water partition coefficient (Wildman–Crippen LogP) is 4.61. The quantitative estimate of drug-likeness (QED) is 0.738. The molecule has 1 atom stereocenters. The lowest BCUT2D eigenvalue weighted by Gasteiger charge is -2.09. The fourth-order valence-corrected chi connectivity index (χ4v) is 3.35. The van der Waals surface area contributed by atoms with E-state index < -0.39 is 0 Å². The van der Waals surface area contributed by atoms with Crippen molar-refractivity contribution >= 4 is 47.8 Å². The number of alkyl halides is 1.